The van der Waals surface area contributed by atoms with Crippen LogP contribution in [-0.4, -0.2) is 37.8 Å². The molecule has 1 N–H and O–H groups in total. The van der Waals surface area contributed by atoms with Gasteiger partial charge in [-0.05, 0) is 31.9 Å². The molecule has 1 aromatic carbocycles. The van der Waals surface area contributed by atoms with Crippen LogP contribution in [0.3, 0.4) is 0 Å². The Balaban J connectivity index is 3.31. The molecule has 0 amide bonds. The summed E-state index contributed by atoms with van der Waals surface area (Å²) in [6.45, 7) is 7.43. The molecule has 0 heterocycles. The molecule has 5 heteroatoms. The van der Waals surface area contributed by atoms with E-state index in [1.54, 1.807) is 12.1 Å². The lowest BCUT2D eigenvalue weighted by molar-refractivity contribution is 0.0806. The molecule has 0 aliphatic heterocycles. The number of ketones is 1. The van der Waals surface area contributed by atoms with E-state index in [-0.39, 0.29) is 24.4 Å². The number of rotatable bonds is 8. The topological polar surface area (TPSA) is 65.0 Å². The Bertz CT molecular complexity index is 483. The van der Waals surface area contributed by atoms with Gasteiger partial charge in [-0.25, -0.2) is 0 Å². The largest absolute Gasteiger partial charge is 0.493 e. The quantitative estimate of drug-likeness (QED) is 0.748. The molecule has 124 valence electrons. The van der Waals surface area contributed by atoms with Gasteiger partial charge in [0.15, 0.2) is 17.3 Å². The monoisotopic (exact) mass is 310 g/mol. The van der Waals surface area contributed by atoms with Gasteiger partial charge in [-0.2, -0.15) is 0 Å². The molecule has 0 aliphatic carbocycles. The molecular formula is C17H26O5. The second-order valence-electron chi connectivity index (χ2n) is 5.77. The number of carbonyl (C=O) groups excluding carboxylic acids is 1. The SMILES string of the molecule is COc1cc(C(=O)C(CO)C(C)C)cc(OC)c1OC(C)C. The number of aliphatic hydroxyl groups is 1. The van der Waals surface area contributed by atoms with Crippen LogP contribution < -0.4 is 14.2 Å². The van der Waals surface area contributed by atoms with E-state index in [0.29, 0.717) is 22.8 Å². The minimum absolute atomic E-state index is 0.0427. The fraction of sp³-hybridized carbons (Fsp3) is 0.588. The summed E-state index contributed by atoms with van der Waals surface area (Å²) in [6, 6.07) is 3.27. The average Bonchev–Trinajstić information content (AvgIpc) is 2.46. The van der Waals surface area contributed by atoms with Crippen molar-refractivity contribution in [2.75, 3.05) is 20.8 Å². The van der Waals surface area contributed by atoms with E-state index >= 15 is 0 Å². The van der Waals surface area contributed by atoms with Crippen molar-refractivity contribution in [3.63, 3.8) is 0 Å². The fourth-order valence-corrected chi connectivity index (χ4v) is 2.18. The Morgan fingerprint density at radius 1 is 1.09 bits per heavy atom. The number of Topliss-reactive ketones (excluding diaryl/α,β-unsaturated/α-hetero) is 1. The van der Waals surface area contributed by atoms with E-state index in [4.69, 9.17) is 14.2 Å². The third-order valence-electron chi connectivity index (χ3n) is 3.44. The van der Waals surface area contributed by atoms with Crippen molar-refractivity contribution < 1.29 is 24.1 Å². The third-order valence-corrected chi connectivity index (χ3v) is 3.44. The van der Waals surface area contributed by atoms with E-state index < -0.39 is 5.92 Å². The Kier molecular flexibility index (Phi) is 6.68. The minimum Gasteiger partial charge on any atom is -0.493 e. The van der Waals surface area contributed by atoms with Gasteiger partial charge in [0.2, 0.25) is 5.75 Å². The Morgan fingerprint density at radius 2 is 1.59 bits per heavy atom. The first-order chi connectivity index (χ1) is 10.3. The second-order valence-corrected chi connectivity index (χ2v) is 5.77. The van der Waals surface area contributed by atoms with Crippen molar-refractivity contribution in [1.82, 2.24) is 0 Å². The normalized spacial score (nSPS) is 12.4. The van der Waals surface area contributed by atoms with Crippen LogP contribution in [0.5, 0.6) is 17.2 Å². The number of benzene rings is 1. The number of ether oxygens (including phenoxy) is 3. The van der Waals surface area contributed by atoms with E-state index in [2.05, 4.69) is 0 Å². The van der Waals surface area contributed by atoms with Crippen LogP contribution in [-0.2, 0) is 0 Å². The molecule has 0 saturated heterocycles. The lowest BCUT2D eigenvalue weighted by Gasteiger charge is -2.20. The zero-order valence-electron chi connectivity index (χ0n) is 14.2. The van der Waals surface area contributed by atoms with Gasteiger partial charge in [0, 0.05) is 11.5 Å². The highest BCUT2D eigenvalue weighted by atomic mass is 16.5. The summed E-state index contributed by atoms with van der Waals surface area (Å²) in [7, 11) is 3.03. The molecule has 0 saturated carbocycles. The highest BCUT2D eigenvalue weighted by Gasteiger charge is 2.25. The Hall–Kier alpha value is -1.75. The molecule has 1 unspecified atom stereocenters. The number of hydrogen-bond donors (Lipinski definition) is 1. The number of hydrogen-bond acceptors (Lipinski definition) is 5. The van der Waals surface area contributed by atoms with Crippen molar-refractivity contribution in [2.24, 2.45) is 11.8 Å². The maximum Gasteiger partial charge on any atom is 0.203 e. The molecular weight excluding hydrogens is 284 g/mol. The van der Waals surface area contributed by atoms with Gasteiger partial charge in [-0.15, -0.1) is 0 Å². The van der Waals surface area contributed by atoms with Crippen LogP contribution >= 0.6 is 0 Å². The van der Waals surface area contributed by atoms with Crippen molar-refractivity contribution in [2.45, 2.75) is 33.8 Å². The molecule has 0 aliphatic rings. The predicted octanol–water partition coefficient (Wildman–Crippen LogP) is 2.94. The van der Waals surface area contributed by atoms with Crippen molar-refractivity contribution >= 4 is 5.78 Å². The maximum atomic E-state index is 12.6. The average molecular weight is 310 g/mol. The van der Waals surface area contributed by atoms with Gasteiger partial charge in [0.1, 0.15) is 0 Å². The molecule has 5 nitrogen and oxygen atoms in total. The zero-order chi connectivity index (χ0) is 16.9. The highest BCUT2D eigenvalue weighted by Crippen LogP contribution is 2.40. The third kappa shape index (κ3) is 4.13. The smallest absolute Gasteiger partial charge is 0.203 e. The summed E-state index contributed by atoms with van der Waals surface area (Å²) in [6.07, 6.45) is -0.0507. The van der Waals surface area contributed by atoms with Gasteiger partial charge in [-0.3, -0.25) is 4.79 Å². The van der Waals surface area contributed by atoms with E-state index in [1.165, 1.54) is 14.2 Å². The number of aliphatic hydroxyl groups excluding tert-OH is 1. The summed E-state index contributed by atoms with van der Waals surface area (Å²) < 4.78 is 16.4. The van der Waals surface area contributed by atoms with Gasteiger partial charge >= 0.3 is 0 Å². The van der Waals surface area contributed by atoms with Gasteiger partial charge in [0.25, 0.3) is 0 Å². The standard InChI is InChI=1S/C17H26O5/c1-10(2)13(9-18)16(19)12-7-14(20-5)17(22-11(3)4)15(8-12)21-6/h7-8,10-11,13,18H,9H2,1-6H3. The van der Waals surface area contributed by atoms with Crippen molar-refractivity contribution in [3.05, 3.63) is 17.7 Å². The molecule has 22 heavy (non-hydrogen) atoms. The lowest BCUT2D eigenvalue weighted by atomic mass is 9.88. The Labute approximate surface area is 132 Å². The molecule has 1 rings (SSSR count). The van der Waals surface area contributed by atoms with Crippen LogP contribution in [0, 0.1) is 11.8 Å². The summed E-state index contributed by atoms with van der Waals surface area (Å²) in [4.78, 5) is 12.6. The summed E-state index contributed by atoms with van der Waals surface area (Å²) in [5, 5.41) is 9.45. The summed E-state index contributed by atoms with van der Waals surface area (Å²) >= 11 is 0. The van der Waals surface area contributed by atoms with Crippen molar-refractivity contribution in [3.8, 4) is 17.2 Å². The first-order valence-corrected chi connectivity index (χ1v) is 7.43. The van der Waals surface area contributed by atoms with Gasteiger partial charge in [-0.1, -0.05) is 13.8 Å². The minimum atomic E-state index is -0.453. The molecule has 0 spiro atoms. The van der Waals surface area contributed by atoms with E-state index in [1.807, 2.05) is 27.7 Å². The number of carbonyl (C=O) groups is 1. The fourth-order valence-electron chi connectivity index (χ4n) is 2.18. The van der Waals surface area contributed by atoms with Crippen LogP contribution in [0.4, 0.5) is 0 Å². The van der Waals surface area contributed by atoms with Crippen LogP contribution in [0.1, 0.15) is 38.1 Å². The van der Waals surface area contributed by atoms with E-state index in [0.717, 1.165) is 0 Å². The van der Waals surface area contributed by atoms with Crippen LogP contribution in [0.15, 0.2) is 12.1 Å². The Morgan fingerprint density at radius 3 is 1.91 bits per heavy atom. The van der Waals surface area contributed by atoms with Crippen LogP contribution in [0.25, 0.3) is 0 Å². The number of methoxy groups -OCH3 is 2. The predicted molar refractivity (Wildman–Crippen MR) is 85.1 cm³/mol. The first kappa shape index (κ1) is 18.3. The van der Waals surface area contributed by atoms with E-state index in [9.17, 15) is 9.90 Å². The zero-order valence-corrected chi connectivity index (χ0v) is 14.2. The maximum absolute atomic E-state index is 12.6. The summed E-state index contributed by atoms with van der Waals surface area (Å²) in [5.74, 6) is 0.813. The molecule has 0 radical (unpaired) electrons. The van der Waals surface area contributed by atoms with Gasteiger partial charge < -0.3 is 19.3 Å². The van der Waals surface area contributed by atoms with Crippen molar-refractivity contribution in [1.29, 1.82) is 0 Å². The van der Waals surface area contributed by atoms with Crippen LogP contribution in [0.2, 0.25) is 0 Å². The lowest BCUT2D eigenvalue weighted by Crippen LogP contribution is -2.24. The highest BCUT2D eigenvalue weighted by molar-refractivity contribution is 5.99. The molecule has 0 aromatic heterocycles. The molecule has 0 bridgehead atoms. The molecule has 0 fully saturated rings. The second kappa shape index (κ2) is 8.03. The van der Waals surface area contributed by atoms with Gasteiger partial charge in [0.05, 0.1) is 26.9 Å². The first-order valence-electron chi connectivity index (χ1n) is 7.43. The molecule has 1 aromatic rings. The molecule has 1 atom stereocenters. The summed E-state index contributed by atoms with van der Waals surface area (Å²) in [5.41, 5.74) is 0.442.